The van der Waals surface area contributed by atoms with Gasteiger partial charge in [0.2, 0.25) is 11.8 Å². The molecule has 1 aromatic heterocycles. The van der Waals surface area contributed by atoms with E-state index in [1.165, 1.54) is 0 Å². The maximum Gasteiger partial charge on any atom is 0.303 e. The topological polar surface area (TPSA) is 79.5 Å². The molecule has 0 saturated carbocycles. The maximum atomic E-state index is 10.5. The van der Waals surface area contributed by atoms with Gasteiger partial charge in [0.15, 0.2) is 0 Å². The van der Waals surface area contributed by atoms with Gasteiger partial charge in [-0.25, -0.2) is 0 Å². The third kappa shape index (κ3) is 3.52. The van der Waals surface area contributed by atoms with Crippen LogP contribution in [-0.4, -0.2) is 39.3 Å². The van der Waals surface area contributed by atoms with E-state index >= 15 is 0 Å². The summed E-state index contributed by atoms with van der Waals surface area (Å²) in [5.41, 5.74) is 0. The van der Waals surface area contributed by atoms with Crippen LogP contribution in [0.4, 0.5) is 0 Å². The van der Waals surface area contributed by atoms with E-state index in [-0.39, 0.29) is 6.42 Å². The van der Waals surface area contributed by atoms with Crippen LogP contribution in [0.1, 0.15) is 31.0 Å². The molecule has 0 aromatic carbocycles. The van der Waals surface area contributed by atoms with Crippen molar-refractivity contribution in [3.8, 4) is 0 Å². The predicted octanol–water partition coefficient (Wildman–Crippen LogP) is 1.06. The van der Waals surface area contributed by atoms with Gasteiger partial charge in [-0.15, -0.1) is 10.2 Å². The molecule has 1 saturated heterocycles. The summed E-state index contributed by atoms with van der Waals surface area (Å²) in [6, 6.07) is 0. The zero-order valence-corrected chi connectivity index (χ0v) is 9.93. The number of likely N-dealkylation sites (tertiary alicyclic amines) is 1. The van der Waals surface area contributed by atoms with Crippen LogP contribution < -0.4 is 0 Å². The van der Waals surface area contributed by atoms with Gasteiger partial charge in [-0.05, 0) is 25.3 Å². The first kappa shape index (κ1) is 12.0. The van der Waals surface area contributed by atoms with Gasteiger partial charge in [-0.2, -0.15) is 0 Å². The fraction of sp³-hybridized carbons (Fsp3) is 0.727. The Labute approximate surface area is 99.6 Å². The molecule has 1 atom stereocenters. The molecule has 1 fully saturated rings. The zero-order chi connectivity index (χ0) is 12.3. The number of carboxylic acid groups (broad SMARTS) is 1. The second-order valence-electron chi connectivity index (χ2n) is 4.54. The van der Waals surface area contributed by atoms with Crippen LogP contribution in [0, 0.1) is 12.8 Å². The molecule has 1 aromatic rings. The Bertz CT molecular complexity index is 391. The molecule has 6 nitrogen and oxygen atoms in total. The van der Waals surface area contributed by atoms with Crippen molar-refractivity contribution >= 4 is 5.97 Å². The number of aliphatic carboxylic acids is 1. The molecule has 6 heteroatoms. The Morgan fingerprint density at radius 1 is 1.59 bits per heavy atom. The molecule has 0 spiro atoms. The zero-order valence-electron chi connectivity index (χ0n) is 9.93. The summed E-state index contributed by atoms with van der Waals surface area (Å²) in [6.45, 7) is 4.35. The summed E-state index contributed by atoms with van der Waals surface area (Å²) in [7, 11) is 0. The van der Waals surface area contributed by atoms with Crippen molar-refractivity contribution in [1.29, 1.82) is 0 Å². The number of carboxylic acids is 1. The molecule has 1 unspecified atom stereocenters. The Morgan fingerprint density at radius 3 is 3.06 bits per heavy atom. The van der Waals surface area contributed by atoms with Crippen LogP contribution in [0.5, 0.6) is 0 Å². The lowest BCUT2D eigenvalue weighted by molar-refractivity contribution is -0.137. The van der Waals surface area contributed by atoms with Gasteiger partial charge in [0.1, 0.15) is 0 Å². The van der Waals surface area contributed by atoms with E-state index in [0.29, 0.717) is 24.2 Å². The highest BCUT2D eigenvalue weighted by molar-refractivity contribution is 5.66. The summed E-state index contributed by atoms with van der Waals surface area (Å²) in [5.74, 6) is 0.995. The molecule has 2 heterocycles. The van der Waals surface area contributed by atoms with Gasteiger partial charge < -0.3 is 9.52 Å². The molecule has 0 amide bonds. The highest BCUT2D eigenvalue weighted by Gasteiger charge is 2.24. The summed E-state index contributed by atoms with van der Waals surface area (Å²) in [5, 5.41) is 16.4. The van der Waals surface area contributed by atoms with Crippen molar-refractivity contribution in [2.24, 2.45) is 5.92 Å². The van der Waals surface area contributed by atoms with Gasteiger partial charge in [-0.3, -0.25) is 9.69 Å². The number of carbonyl (C=O) groups is 1. The van der Waals surface area contributed by atoms with Crippen molar-refractivity contribution in [3.05, 3.63) is 11.8 Å². The lowest BCUT2D eigenvalue weighted by Gasteiger charge is -2.12. The van der Waals surface area contributed by atoms with E-state index in [0.717, 1.165) is 25.9 Å². The van der Waals surface area contributed by atoms with E-state index in [1.807, 2.05) is 0 Å². The highest BCUT2D eigenvalue weighted by atomic mass is 16.4. The van der Waals surface area contributed by atoms with Crippen LogP contribution in [0.25, 0.3) is 0 Å². The van der Waals surface area contributed by atoms with E-state index in [9.17, 15) is 4.79 Å². The molecule has 0 bridgehead atoms. The minimum Gasteiger partial charge on any atom is -0.481 e. The molecule has 94 valence electrons. The van der Waals surface area contributed by atoms with E-state index < -0.39 is 5.97 Å². The fourth-order valence-electron chi connectivity index (χ4n) is 2.21. The van der Waals surface area contributed by atoms with E-state index in [2.05, 4.69) is 15.1 Å². The van der Waals surface area contributed by atoms with Crippen LogP contribution in [0.3, 0.4) is 0 Å². The van der Waals surface area contributed by atoms with Crippen LogP contribution in [-0.2, 0) is 11.3 Å². The van der Waals surface area contributed by atoms with E-state index in [1.54, 1.807) is 6.92 Å². The van der Waals surface area contributed by atoms with Crippen molar-refractivity contribution in [3.63, 3.8) is 0 Å². The number of aryl methyl sites for hydroxylation is 1. The Morgan fingerprint density at radius 2 is 2.41 bits per heavy atom. The summed E-state index contributed by atoms with van der Waals surface area (Å²) in [6.07, 6.45) is 2.08. The second kappa shape index (κ2) is 5.27. The first-order valence-electron chi connectivity index (χ1n) is 5.86. The molecule has 2 rings (SSSR count). The third-order valence-corrected chi connectivity index (χ3v) is 3.06. The van der Waals surface area contributed by atoms with Crippen molar-refractivity contribution in [2.45, 2.75) is 32.7 Å². The average molecular weight is 239 g/mol. The molecule has 1 aliphatic rings. The predicted molar refractivity (Wildman–Crippen MR) is 59.3 cm³/mol. The SMILES string of the molecule is Cc1nnc(CN2CCC(CCC(=O)O)C2)o1. The number of aromatic nitrogens is 2. The van der Waals surface area contributed by atoms with Gasteiger partial charge in [-0.1, -0.05) is 0 Å². The lowest BCUT2D eigenvalue weighted by Crippen LogP contribution is -2.20. The van der Waals surface area contributed by atoms with Crippen LogP contribution in [0.2, 0.25) is 0 Å². The third-order valence-electron chi connectivity index (χ3n) is 3.06. The Kier molecular flexibility index (Phi) is 3.73. The number of hydrogen-bond acceptors (Lipinski definition) is 5. The van der Waals surface area contributed by atoms with Crippen LogP contribution in [0.15, 0.2) is 4.42 Å². The first-order valence-corrected chi connectivity index (χ1v) is 5.86. The lowest BCUT2D eigenvalue weighted by atomic mass is 10.0. The first-order chi connectivity index (χ1) is 8.13. The molecular formula is C11H17N3O3. The maximum absolute atomic E-state index is 10.5. The summed E-state index contributed by atoms with van der Waals surface area (Å²) >= 11 is 0. The summed E-state index contributed by atoms with van der Waals surface area (Å²) in [4.78, 5) is 12.7. The van der Waals surface area contributed by atoms with Crippen molar-refractivity contribution < 1.29 is 14.3 Å². The fourth-order valence-corrected chi connectivity index (χ4v) is 2.21. The standard InChI is InChI=1S/C11H17N3O3/c1-8-12-13-10(17-8)7-14-5-4-9(6-14)2-3-11(15)16/h9H,2-7H2,1H3,(H,15,16). The number of nitrogens with zero attached hydrogens (tertiary/aromatic N) is 3. The Hall–Kier alpha value is -1.43. The molecule has 0 aliphatic carbocycles. The number of hydrogen-bond donors (Lipinski definition) is 1. The van der Waals surface area contributed by atoms with E-state index in [4.69, 9.17) is 9.52 Å². The monoisotopic (exact) mass is 239 g/mol. The normalized spacial score (nSPS) is 20.9. The summed E-state index contributed by atoms with van der Waals surface area (Å²) < 4.78 is 5.32. The molecule has 1 N–H and O–H groups in total. The van der Waals surface area contributed by atoms with Gasteiger partial charge in [0, 0.05) is 19.9 Å². The number of rotatable bonds is 5. The average Bonchev–Trinajstić information content (AvgIpc) is 2.86. The van der Waals surface area contributed by atoms with Crippen molar-refractivity contribution in [1.82, 2.24) is 15.1 Å². The minimum absolute atomic E-state index is 0.262. The second-order valence-corrected chi connectivity index (χ2v) is 4.54. The Balaban J connectivity index is 1.76. The van der Waals surface area contributed by atoms with Gasteiger partial charge in [0.25, 0.3) is 0 Å². The smallest absolute Gasteiger partial charge is 0.303 e. The molecular weight excluding hydrogens is 222 g/mol. The minimum atomic E-state index is -0.712. The quantitative estimate of drug-likeness (QED) is 0.827. The largest absolute Gasteiger partial charge is 0.481 e. The molecule has 17 heavy (non-hydrogen) atoms. The van der Waals surface area contributed by atoms with Crippen LogP contribution >= 0.6 is 0 Å². The van der Waals surface area contributed by atoms with Gasteiger partial charge in [0.05, 0.1) is 6.54 Å². The molecule has 0 radical (unpaired) electrons. The van der Waals surface area contributed by atoms with Gasteiger partial charge >= 0.3 is 5.97 Å². The molecule has 1 aliphatic heterocycles. The van der Waals surface area contributed by atoms with Crippen molar-refractivity contribution in [2.75, 3.05) is 13.1 Å². The highest BCUT2D eigenvalue weighted by Crippen LogP contribution is 2.22.